The molecule has 1 aliphatic carbocycles. The van der Waals surface area contributed by atoms with Crippen LogP contribution in [0.2, 0.25) is 0 Å². The molecule has 1 atom stereocenters. The summed E-state index contributed by atoms with van der Waals surface area (Å²) in [7, 11) is 0. The molecule has 9 heteroatoms. The summed E-state index contributed by atoms with van der Waals surface area (Å²) >= 11 is 0. The van der Waals surface area contributed by atoms with Gasteiger partial charge in [-0.3, -0.25) is 9.59 Å². The number of primary amides is 1. The van der Waals surface area contributed by atoms with Gasteiger partial charge in [-0.2, -0.15) is 10.2 Å². The number of carbonyl (C=O) groups is 2. The van der Waals surface area contributed by atoms with Crippen molar-refractivity contribution in [2.75, 3.05) is 24.5 Å². The second-order valence-electron chi connectivity index (χ2n) is 9.70. The smallest absolute Gasteiger partial charge is 0.264 e. The molecule has 2 fully saturated rings. The Bertz CT molecular complexity index is 1430. The Balaban J connectivity index is 1.29. The molecule has 0 radical (unpaired) electrons. The van der Waals surface area contributed by atoms with Gasteiger partial charge in [0.25, 0.3) is 11.8 Å². The summed E-state index contributed by atoms with van der Waals surface area (Å²) in [6.07, 6.45) is 3.87. The third-order valence-corrected chi connectivity index (χ3v) is 6.72. The number of nitrogens with two attached hydrogens (primary N) is 1. The number of benzene rings is 2. The molecule has 198 valence electrons. The van der Waals surface area contributed by atoms with Gasteiger partial charge in [0, 0.05) is 25.7 Å². The van der Waals surface area contributed by atoms with Crippen LogP contribution in [0.3, 0.4) is 0 Å². The highest BCUT2D eigenvalue weighted by molar-refractivity contribution is 5.97. The highest BCUT2D eigenvalue weighted by Gasteiger charge is 2.31. The molecule has 1 saturated heterocycles. The van der Waals surface area contributed by atoms with E-state index in [-0.39, 0.29) is 29.0 Å². The van der Waals surface area contributed by atoms with Gasteiger partial charge in [0.2, 0.25) is 5.88 Å². The van der Waals surface area contributed by atoms with Gasteiger partial charge in [-0.05, 0) is 74.2 Å². The molecule has 1 saturated carbocycles. The van der Waals surface area contributed by atoms with Gasteiger partial charge in [-0.1, -0.05) is 24.3 Å². The lowest BCUT2D eigenvalue weighted by Gasteiger charge is -2.40. The summed E-state index contributed by atoms with van der Waals surface area (Å²) in [5, 5.41) is 9.48. The number of nitriles is 1. The molecule has 5 rings (SSSR count). The van der Waals surface area contributed by atoms with Gasteiger partial charge >= 0.3 is 0 Å². The third-order valence-electron chi connectivity index (χ3n) is 6.72. The molecule has 0 bridgehead atoms. The van der Waals surface area contributed by atoms with Crippen LogP contribution in [-0.2, 0) is 4.79 Å². The predicted molar refractivity (Wildman–Crippen MR) is 146 cm³/mol. The van der Waals surface area contributed by atoms with E-state index in [2.05, 4.69) is 11.1 Å². The molecule has 1 aliphatic heterocycles. The number of pyridine rings is 1. The number of aromatic nitrogens is 1. The van der Waals surface area contributed by atoms with Crippen LogP contribution in [0.25, 0.3) is 0 Å². The van der Waals surface area contributed by atoms with Crippen molar-refractivity contribution in [1.82, 2.24) is 9.88 Å². The van der Waals surface area contributed by atoms with E-state index in [1.54, 1.807) is 47.4 Å². The monoisotopic (exact) mass is 523 g/mol. The number of hydrogen-bond acceptors (Lipinski definition) is 7. The number of nitrogens with zero attached hydrogens (tertiary/aromatic N) is 4. The minimum absolute atomic E-state index is 0.0991. The molecule has 3 aromatic rings. The molecule has 39 heavy (non-hydrogen) atoms. The standard InChI is InChI=1S/C30H29N5O4/c1-20-19-34(15-16-35(20)30(37)22(18-31)17-21-7-8-21)27-14-13-26(28(32)36)29(33-27)39-25-11-9-24(10-12-25)38-23-5-3-2-4-6-23/h2-6,9-14,17,20-21H,7-8,15-16,19H2,1H3,(H2,32,36)/b22-17+/t20-/m0/s1. The molecular weight excluding hydrogens is 494 g/mol. The number of hydrogen-bond donors (Lipinski definition) is 1. The van der Waals surface area contributed by atoms with Gasteiger partial charge < -0.3 is 25.0 Å². The fourth-order valence-corrected chi connectivity index (χ4v) is 4.46. The second-order valence-corrected chi connectivity index (χ2v) is 9.70. The van der Waals surface area contributed by atoms with Crippen LogP contribution < -0.4 is 20.1 Å². The number of allylic oxidation sites excluding steroid dienone is 1. The SMILES string of the molecule is C[C@H]1CN(c2ccc(C(N)=O)c(Oc3ccc(Oc4ccccc4)cc3)n2)CCN1C(=O)/C(C#N)=C/C1CC1. The molecule has 2 aliphatic rings. The van der Waals surface area contributed by atoms with E-state index in [9.17, 15) is 14.9 Å². The number of amides is 2. The number of piperazine rings is 1. The zero-order valence-corrected chi connectivity index (χ0v) is 21.6. The zero-order chi connectivity index (χ0) is 27.4. The lowest BCUT2D eigenvalue weighted by atomic mass is 10.1. The van der Waals surface area contributed by atoms with Crippen LogP contribution in [-0.4, -0.2) is 47.4 Å². The molecule has 0 unspecified atom stereocenters. The van der Waals surface area contributed by atoms with E-state index >= 15 is 0 Å². The molecule has 2 aromatic carbocycles. The van der Waals surface area contributed by atoms with Crippen LogP contribution in [0.4, 0.5) is 5.82 Å². The van der Waals surface area contributed by atoms with Crippen LogP contribution in [0.1, 0.15) is 30.1 Å². The highest BCUT2D eigenvalue weighted by Crippen LogP contribution is 2.32. The van der Waals surface area contributed by atoms with E-state index in [0.29, 0.717) is 42.9 Å². The van der Waals surface area contributed by atoms with Crippen LogP contribution in [0, 0.1) is 17.2 Å². The molecule has 2 N–H and O–H groups in total. The largest absolute Gasteiger partial charge is 0.457 e. The Labute approximate surface area is 227 Å². The van der Waals surface area contributed by atoms with Crippen molar-refractivity contribution in [2.24, 2.45) is 11.7 Å². The van der Waals surface area contributed by atoms with Gasteiger partial charge in [0.1, 0.15) is 40.3 Å². The summed E-state index contributed by atoms with van der Waals surface area (Å²) in [4.78, 5) is 33.4. The van der Waals surface area contributed by atoms with Crippen LogP contribution in [0.5, 0.6) is 23.1 Å². The van der Waals surface area contributed by atoms with Crippen molar-refractivity contribution in [2.45, 2.75) is 25.8 Å². The Morgan fingerprint density at radius 2 is 1.64 bits per heavy atom. The number of anilines is 1. The van der Waals surface area contributed by atoms with E-state index in [0.717, 1.165) is 18.6 Å². The molecule has 2 amide bonds. The Morgan fingerprint density at radius 3 is 2.26 bits per heavy atom. The number of carbonyl (C=O) groups excluding carboxylic acids is 2. The summed E-state index contributed by atoms with van der Waals surface area (Å²) in [5.74, 6) is 2.00. The topological polar surface area (TPSA) is 122 Å². The average Bonchev–Trinajstić information content (AvgIpc) is 3.77. The first kappa shape index (κ1) is 25.8. The Morgan fingerprint density at radius 1 is 0.974 bits per heavy atom. The van der Waals surface area contributed by atoms with Crippen LogP contribution >= 0.6 is 0 Å². The first-order valence-corrected chi connectivity index (χ1v) is 12.9. The van der Waals surface area contributed by atoms with Crippen molar-refractivity contribution in [1.29, 1.82) is 5.26 Å². The van der Waals surface area contributed by atoms with Crippen molar-refractivity contribution in [3.63, 3.8) is 0 Å². The maximum Gasteiger partial charge on any atom is 0.264 e. The van der Waals surface area contributed by atoms with Gasteiger partial charge in [-0.25, -0.2) is 0 Å². The van der Waals surface area contributed by atoms with E-state index in [4.69, 9.17) is 15.2 Å². The zero-order valence-electron chi connectivity index (χ0n) is 21.6. The molecule has 9 nitrogen and oxygen atoms in total. The van der Waals surface area contributed by atoms with Gasteiger partial charge in [0.15, 0.2) is 0 Å². The maximum atomic E-state index is 13.0. The summed E-state index contributed by atoms with van der Waals surface area (Å²) < 4.78 is 11.8. The first-order valence-electron chi connectivity index (χ1n) is 12.9. The first-order chi connectivity index (χ1) is 18.9. The number of ether oxygens (including phenoxy) is 2. The Kier molecular flexibility index (Phi) is 7.46. The quantitative estimate of drug-likeness (QED) is 0.337. The van der Waals surface area contributed by atoms with E-state index in [1.807, 2.05) is 42.2 Å². The number of rotatable bonds is 8. The van der Waals surface area contributed by atoms with Crippen LogP contribution in [0.15, 0.2) is 78.4 Å². The van der Waals surface area contributed by atoms with E-state index in [1.165, 1.54) is 0 Å². The van der Waals surface area contributed by atoms with Gasteiger partial charge in [-0.15, -0.1) is 0 Å². The maximum absolute atomic E-state index is 13.0. The lowest BCUT2D eigenvalue weighted by molar-refractivity contribution is -0.129. The summed E-state index contributed by atoms with van der Waals surface area (Å²) in [5.41, 5.74) is 5.97. The minimum Gasteiger partial charge on any atom is -0.457 e. The molecule has 1 aromatic heterocycles. The minimum atomic E-state index is -0.650. The highest BCUT2D eigenvalue weighted by atomic mass is 16.5. The fourth-order valence-electron chi connectivity index (χ4n) is 4.46. The second kappa shape index (κ2) is 11.3. The molecular formula is C30H29N5O4. The lowest BCUT2D eigenvalue weighted by Crippen LogP contribution is -2.54. The van der Waals surface area contributed by atoms with Crippen molar-refractivity contribution < 1.29 is 19.1 Å². The summed E-state index contributed by atoms with van der Waals surface area (Å²) in [6, 6.07) is 21.7. The van der Waals surface area contributed by atoms with Crippen molar-refractivity contribution in [3.8, 4) is 29.2 Å². The van der Waals surface area contributed by atoms with Crippen molar-refractivity contribution in [3.05, 3.63) is 83.9 Å². The molecule has 2 heterocycles. The Hall–Kier alpha value is -4.84. The van der Waals surface area contributed by atoms with Crippen molar-refractivity contribution >= 4 is 17.6 Å². The summed E-state index contributed by atoms with van der Waals surface area (Å²) in [6.45, 7) is 3.43. The number of para-hydroxylation sites is 1. The molecule has 0 spiro atoms. The van der Waals surface area contributed by atoms with E-state index < -0.39 is 5.91 Å². The normalized spacial score (nSPS) is 17.3. The third kappa shape index (κ3) is 6.18. The van der Waals surface area contributed by atoms with Gasteiger partial charge in [0.05, 0.1) is 0 Å². The average molecular weight is 524 g/mol. The fraction of sp³-hybridized carbons (Fsp3) is 0.267. The predicted octanol–water partition coefficient (Wildman–Crippen LogP) is 4.66.